The van der Waals surface area contributed by atoms with Crippen molar-refractivity contribution in [2.24, 2.45) is 0 Å². The van der Waals surface area contributed by atoms with Gasteiger partial charge in [-0.15, -0.1) is 0 Å². The Morgan fingerprint density at radius 3 is 2.43 bits per heavy atom. The van der Waals surface area contributed by atoms with Crippen LogP contribution in [0.5, 0.6) is 0 Å². The van der Waals surface area contributed by atoms with Crippen molar-refractivity contribution in [2.45, 2.75) is 19.3 Å². The summed E-state index contributed by atoms with van der Waals surface area (Å²) in [4.78, 5) is 25.0. The first kappa shape index (κ1) is 22.7. The van der Waals surface area contributed by atoms with Gasteiger partial charge >= 0.3 is 6.18 Å². The van der Waals surface area contributed by atoms with Gasteiger partial charge in [-0.1, -0.05) is 48.5 Å². The minimum atomic E-state index is -4.41. The van der Waals surface area contributed by atoms with Gasteiger partial charge in [0, 0.05) is 37.1 Å². The van der Waals surface area contributed by atoms with E-state index in [0.717, 1.165) is 29.1 Å². The van der Waals surface area contributed by atoms with Gasteiger partial charge < -0.3 is 14.8 Å². The average Bonchev–Trinajstić information content (AvgIpc) is 3.31. The number of hydrogen-bond donors (Lipinski definition) is 1. The highest BCUT2D eigenvalue weighted by Gasteiger charge is 2.30. The van der Waals surface area contributed by atoms with Gasteiger partial charge in [0.15, 0.2) is 0 Å². The first-order valence-corrected chi connectivity index (χ1v) is 11.3. The maximum atomic E-state index is 13.7. The summed E-state index contributed by atoms with van der Waals surface area (Å²) in [5.41, 5.74) is 3.92. The van der Waals surface area contributed by atoms with Gasteiger partial charge in [-0.2, -0.15) is 13.2 Å². The predicted octanol–water partition coefficient (Wildman–Crippen LogP) is 5.76. The number of anilines is 1. The van der Waals surface area contributed by atoms with Crippen LogP contribution in [0.4, 0.5) is 18.9 Å². The summed E-state index contributed by atoms with van der Waals surface area (Å²) in [5, 5.41) is 0. The van der Waals surface area contributed by atoms with E-state index in [1.807, 2.05) is 30.5 Å². The molecule has 0 saturated heterocycles. The standard InChI is InChI=1S/C27H23F3N4O/c28-27(29,30)21-11-9-19(10-12-21)23-6-2-3-7-24(23)26(35)34-14-13-33(17-22-15-31-18-32-22)25-8-4-1-5-20(25)16-34/h1-12,15,18H,13-14,16-17H2,(H,31,32). The summed E-state index contributed by atoms with van der Waals surface area (Å²) in [6.45, 7) is 2.18. The third-order valence-electron chi connectivity index (χ3n) is 6.21. The number of benzene rings is 3. The lowest BCUT2D eigenvalue weighted by Crippen LogP contribution is -2.35. The highest BCUT2D eigenvalue weighted by Crippen LogP contribution is 2.33. The second kappa shape index (κ2) is 9.29. The molecule has 2 heterocycles. The molecule has 0 unspecified atom stereocenters. The van der Waals surface area contributed by atoms with Crippen LogP contribution in [0.3, 0.4) is 0 Å². The largest absolute Gasteiger partial charge is 0.416 e. The smallest absolute Gasteiger partial charge is 0.364 e. The van der Waals surface area contributed by atoms with Crippen LogP contribution in [0, 0.1) is 0 Å². The van der Waals surface area contributed by atoms with Crippen LogP contribution >= 0.6 is 0 Å². The van der Waals surface area contributed by atoms with Crippen molar-refractivity contribution in [3.63, 3.8) is 0 Å². The molecule has 0 spiro atoms. The predicted molar refractivity (Wildman–Crippen MR) is 128 cm³/mol. The molecule has 1 amide bonds. The number of aromatic nitrogens is 2. The Labute approximate surface area is 200 Å². The summed E-state index contributed by atoms with van der Waals surface area (Å²) in [6, 6.07) is 20.0. The molecule has 178 valence electrons. The number of nitrogens with zero attached hydrogens (tertiary/aromatic N) is 3. The van der Waals surface area contributed by atoms with E-state index in [1.165, 1.54) is 12.1 Å². The Kier molecular flexibility index (Phi) is 6.03. The van der Waals surface area contributed by atoms with Crippen molar-refractivity contribution in [1.29, 1.82) is 0 Å². The maximum Gasteiger partial charge on any atom is 0.416 e. The number of amides is 1. The zero-order valence-electron chi connectivity index (χ0n) is 18.8. The highest BCUT2D eigenvalue weighted by molar-refractivity contribution is 6.01. The van der Waals surface area contributed by atoms with Crippen LogP contribution in [0.2, 0.25) is 0 Å². The molecule has 0 bridgehead atoms. The average molecular weight is 477 g/mol. The van der Waals surface area contributed by atoms with Crippen LogP contribution < -0.4 is 4.90 Å². The summed E-state index contributed by atoms with van der Waals surface area (Å²) in [6.07, 6.45) is -0.904. The summed E-state index contributed by atoms with van der Waals surface area (Å²) < 4.78 is 39.0. The molecule has 0 atom stereocenters. The molecule has 4 aromatic rings. The molecule has 1 aliphatic heterocycles. The second-order valence-electron chi connectivity index (χ2n) is 8.46. The third kappa shape index (κ3) is 4.77. The number of imidazole rings is 1. The lowest BCUT2D eigenvalue weighted by atomic mass is 9.97. The van der Waals surface area contributed by atoms with Crippen LogP contribution in [-0.2, 0) is 19.3 Å². The van der Waals surface area contributed by atoms with Gasteiger partial charge in [0.2, 0.25) is 0 Å². The van der Waals surface area contributed by atoms with E-state index in [9.17, 15) is 18.0 Å². The molecular formula is C27H23F3N4O. The maximum absolute atomic E-state index is 13.7. The van der Waals surface area contributed by atoms with Crippen molar-refractivity contribution in [2.75, 3.05) is 18.0 Å². The molecule has 1 N–H and O–H groups in total. The number of aromatic amines is 1. The normalized spacial score (nSPS) is 13.9. The van der Waals surface area contributed by atoms with Crippen LogP contribution in [0.25, 0.3) is 11.1 Å². The highest BCUT2D eigenvalue weighted by atomic mass is 19.4. The quantitative estimate of drug-likeness (QED) is 0.408. The summed E-state index contributed by atoms with van der Waals surface area (Å²) in [7, 11) is 0. The van der Waals surface area contributed by atoms with Gasteiger partial charge in [0.1, 0.15) is 0 Å². The monoisotopic (exact) mass is 476 g/mol. The van der Waals surface area contributed by atoms with E-state index >= 15 is 0 Å². The zero-order valence-corrected chi connectivity index (χ0v) is 18.8. The van der Waals surface area contributed by atoms with E-state index in [2.05, 4.69) is 14.9 Å². The van der Waals surface area contributed by atoms with Gasteiger partial charge in [0.05, 0.1) is 24.1 Å². The summed E-state index contributed by atoms with van der Waals surface area (Å²) >= 11 is 0. The minimum Gasteiger partial charge on any atom is -0.364 e. The minimum absolute atomic E-state index is 0.156. The van der Waals surface area contributed by atoms with Crippen molar-refractivity contribution >= 4 is 11.6 Å². The second-order valence-corrected chi connectivity index (χ2v) is 8.46. The summed E-state index contributed by atoms with van der Waals surface area (Å²) in [5.74, 6) is -0.156. The van der Waals surface area contributed by atoms with E-state index in [4.69, 9.17) is 0 Å². The van der Waals surface area contributed by atoms with Gasteiger partial charge in [0.25, 0.3) is 5.91 Å². The lowest BCUT2D eigenvalue weighted by Gasteiger charge is -2.24. The third-order valence-corrected chi connectivity index (χ3v) is 6.21. The van der Waals surface area contributed by atoms with Gasteiger partial charge in [-0.05, 0) is 41.0 Å². The topological polar surface area (TPSA) is 52.2 Å². The number of halogens is 3. The molecule has 35 heavy (non-hydrogen) atoms. The number of para-hydroxylation sites is 1. The molecule has 0 saturated carbocycles. The Hall–Kier alpha value is -4.07. The first-order chi connectivity index (χ1) is 16.9. The Bertz CT molecular complexity index is 1320. The number of carbonyl (C=O) groups is 1. The SMILES string of the molecule is O=C(c1ccccc1-c1ccc(C(F)(F)F)cc1)N1CCN(Cc2c[nH]cn2)c2ccccc2C1. The Morgan fingerprint density at radius 2 is 1.69 bits per heavy atom. The van der Waals surface area contributed by atoms with E-state index in [0.29, 0.717) is 42.9 Å². The number of carbonyl (C=O) groups excluding carboxylic acids is 1. The van der Waals surface area contributed by atoms with Crippen molar-refractivity contribution in [3.05, 3.63) is 108 Å². The molecular weight excluding hydrogens is 453 g/mol. The van der Waals surface area contributed by atoms with Crippen molar-refractivity contribution in [3.8, 4) is 11.1 Å². The Balaban J connectivity index is 1.44. The van der Waals surface area contributed by atoms with E-state index < -0.39 is 11.7 Å². The molecule has 0 aliphatic carbocycles. The van der Waals surface area contributed by atoms with Gasteiger partial charge in [-0.3, -0.25) is 4.79 Å². The number of hydrogen-bond acceptors (Lipinski definition) is 3. The molecule has 0 fully saturated rings. The number of alkyl halides is 3. The fraction of sp³-hybridized carbons (Fsp3) is 0.185. The van der Waals surface area contributed by atoms with Crippen LogP contribution in [0.15, 0.2) is 85.3 Å². The molecule has 1 aliphatic rings. The number of nitrogens with one attached hydrogen (secondary N) is 1. The lowest BCUT2D eigenvalue weighted by molar-refractivity contribution is -0.137. The molecule has 5 rings (SSSR count). The first-order valence-electron chi connectivity index (χ1n) is 11.3. The number of fused-ring (bicyclic) bond motifs is 1. The fourth-order valence-electron chi connectivity index (χ4n) is 4.44. The number of rotatable bonds is 4. The zero-order chi connectivity index (χ0) is 24.4. The van der Waals surface area contributed by atoms with Crippen molar-refractivity contribution < 1.29 is 18.0 Å². The molecule has 1 aromatic heterocycles. The molecule has 3 aromatic carbocycles. The number of H-pyrrole nitrogens is 1. The van der Waals surface area contributed by atoms with E-state index in [-0.39, 0.29) is 5.91 Å². The molecule has 0 radical (unpaired) electrons. The molecule has 5 nitrogen and oxygen atoms in total. The van der Waals surface area contributed by atoms with Crippen molar-refractivity contribution in [1.82, 2.24) is 14.9 Å². The molecule has 8 heteroatoms. The van der Waals surface area contributed by atoms with Crippen LogP contribution in [-0.4, -0.2) is 33.9 Å². The van der Waals surface area contributed by atoms with E-state index in [1.54, 1.807) is 35.5 Å². The van der Waals surface area contributed by atoms with Gasteiger partial charge in [-0.25, -0.2) is 4.98 Å². The van der Waals surface area contributed by atoms with Crippen LogP contribution in [0.1, 0.15) is 27.2 Å². The fourth-order valence-corrected chi connectivity index (χ4v) is 4.44. The Morgan fingerprint density at radius 1 is 0.943 bits per heavy atom.